The van der Waals surface area contributed by atoms with E-state index in [1.807, 2.05) is 22.3 Å². The third kappa shape index (κ3) is 2.71. The molecule has 0 radical (unpaired) electrons. The molecule has 0 saturated carbocycles. The van der Waals surface area contributed by atoms with Crippen molar-refractivity contribution in [3.8, 4) is 0 Å². The highest BCUT2D eigenvalue weighted by atomic mass is 16.3. The Bertz CT molecular complexity index is 1020. The van der Waals surface area contributed by atoms with Crippen LogP contribution in [-0.4, -0.2) is 38.1 Å². The zero-order valence-corrected chi connectivity index (χ0v) is 15.4. The van der Waals surface area contributed by atoms with Crippen molar-refractivity contribution in [3.63, 3.8) is 0 Å². The van der Waals surface area contributed by atoms with Crippen LogP contribution in [0.25, 0.3) is 16.6 Å². The van der Waals surface area contributed by atoms with Crippen LogP contribution in [0.3, 0.4) is 0 Å². The smallest absolute Gasteiger partial charge is 0.291 e. The molecule has 4 heterocycles. The van der Waals surface area contributed by atoms with Gasteiger partial charge in [0.05, 0.1) is 11.8 Å². The Morgan fingerprint density at radius 3 is 2.69 bits per heavy atom. The standard InChI is InChI=1S/C19H24N4O3/c1-4-17-20-22(11-18(24)21-9-12(2)7-13(3)10-21)19(25)15-8-16-14(23(15)17)5-6-26-16/h5-6,8,12-13H,4,7,9-11H2,1-3H3/t12-,13-/m0/s1. The fourth-order valence-electron chi connectivity index (χ4n) is 4.15. The van der Waals surface area contributed by atoms with Crippen molar-refractivity contribution >= 4 is 22.5 Å². The Morgan fingerprint density at radius 2 is 2.00 bits per heavy atom. The lowest BCUT2D eigenvalue weighted by atomic mass is 9.92. The third-order valence-corrected chi connectivity index (χ3v) is 5.19. The van der Waals surface area contributed by atoms with E-state index in [0.717, 1.165) is 30.9 Å². The minimum atomic E-state index is -0.264. The molecule has 7 heteroatoms. The Balaban J connectivity index is 1.71. The molecule has 2 atom stereocenters. The van der Waals surface area contributed by atoms with Crippen LogP contribution in [0.2, 0.25) is 0 Å². The van der Waals surface area contributed by atoms with Crippen molar-refractivity contribution < 1.29 is 9.21 Å². The summed E-state index contributed by atoms with van der Waals surface area (Å²) < 4.78 is 8.56. The number of hydrogen-bond donors (Lipinski definition) is 0. The van der Waals surface area contributed by atoms with E-state index in [1.165, 1.54) is 4.68 Å². The molecule has 0 aromatic carbocycles. The van der Waals surface area contributed by atoms with E-state index in [1.54, 1.807) is 12.3 Å². The second-order valence-corrected chi connectivity index (χ2v) is 7.51. The number of aryl methyl sites for hydroxylation is 1. The number of amides is 1. The molecule has 0 N–H and O–H groups in total. The summed E-state index contributed by atoms with van der Waals surface area (Å²) in [6, 6.07) is 3.55. The zero-order valence-electron chi connectivity index (χ0n) is 15.4. The maximum absolute atomic E-state index is 12.9. The van der Waals surface area contributed by atoms with Crippen molar-refractivity contribution in [3.05, 3.63) is 34.6 Å². The van der Waals surface area contributed by atoms with Crippen LogP contribution in [0.1, 0.15) is 33.0 Å². The molecule has 7 nitrogen and oxygen atoms in total. The monoisotopic (exact) mass is 356 g/mol. The van der Waals surface area contributed by atoms with E-state index in [0.29, 0.717) is 29.4 Å². The molecule has 0 unspecified atom stereocenters. The van der Waals surface area contributed by atoms with Crippen LogP contribution in [-0.2, 0) is 17.8 Å². The molecule has 138 valence electrons. The highest BCUT2D eigenvalue weighted by molar-refractivity contribution is 5.82. The van der Waals surface area contributed by atoms with Crippen molar-refractivity contribution in [2.75, 3.05) is 13.1 Å². The van der Waals surface area contributed by atoms with Crippen LogP contribution in [0, 0.1) is 11.8 Å². The van der Waals surface area contributed by atoms with E-state index < -0.39 is 0 Å². The first-order chi connectivity index (χ1) is 12.5. The molecule has 1 amide bonds. The van der Waals surface area contributed by atoms with Crippen molar-refractivity contribution in [1.29, 1.82) is 0 Å². The number of hydrogen-bond acceptors (Lipinski definition) is 4. The van der Waals surface area contributed by atoms with E-state index in [9.17, 15) is 9.59 Å². The summed E-state index contributed by atoms with van der Waals surface area (Å²) in [5.74, 6) is 1.67. The van der Waals surface area contributed by atoms with Gasteiger partial charge in [-0.1, -0.05) is 20.8 Å². The highest BCUT2D eigenvalue weighted by Gasteiger charge is 2.26. The molecule has 3 aromatic rings. The Morgan fingerprint density at radius 1 is 1.27 bits per heavy atom. The highest BCUT2D eigenvalue weighted by Crippen LogP contribution is 2.22. The number of carbonyl (C=O) groups excluding carboxylic acids is 1. The van der Waals surface area contributed by atoms with Crippen LogP contribution in [0.4, 0.5) is 0 Å². The summed E-state index contributed by atoms with van der Waals surface area (Å²) in [7, 11) is 0. The fourth-order valence-corrected chi connectivity index (χ4v) is 4.15. The molecule has 1 aliphatic heterocycles. The largest absolute Gasteiger partial charge is 0.463 e. The fraction of sp³-hybridized carbons (Fsp3) is 0.526. The maximum atomic E-state index is 12.9. The Hall–Kier alpha value is -2.57. The Kier molecular flexibility index (Phi) is 4.09. The lowest BCUT2D eigenvalue weighted by Gasteiger charge is -2.35. The van der Waals surface area contributed by atoms with Gasteiger partial charge in [-0.3, -0.25) is 14.0 Å². The van der Waals surface area contributed by atoms with Gasteiger partial charge < -0.3 is 9.32 Å². The molecule has 4 rings (SSSR count). The lowest BCUT2D eigenvalue weighted by molar-refractivity contribution is -0.134. The van der Waals surface area contributed by atoms with E-state index in [-0.39, 0.29) is 18.0 Å². The van der Waals surface area contributed by atoms with Gasteiger partial charge in [0.15, 0.2) is 5.58 Å². The van der Waals surface area contributed by atoms with E-state index in [4.69, 9.17) is 4.42 Å². The van der Waals surface area contributed by atoms with Crippen LogP contribution < -0.4 is 5.56 Å². The first-order valence-electron chi connectivity index (χ1n) is 9.24. The molecular formula is C19H24N4O3. The number of rotatable bonds is 3. The number of likely N-dealkylation sites (tertiary alicyclic amines) is 1. The van der Waals surface area contributed by atoms with Crippen LogP contribution in [0.15, 0.2) is 27.6 Å². The normalized spacial score (nSPS) is 21.0. The number of furan rings is 1. The average molecular weight is 356 g/mol. The van der Waals surface area contributed by atoms with Crippen molar-refractivity contribution in [2.24, 2.45) is 11.8 Å². The topological polar surface area (TPSA) is 72.8 Å². The van der Waals surface area contributed by atoms with Gasteiger partial charge in [0, 0.05) is 31.6 Å². The summed E-state index contributed by atoms with van der Waals surface area (Å²) in [6.45, 7) is 7.79. The first-order valence-corrected chi connectivity index (χ1v) is 9.24. The second kappa shape index (κ2) is 6.30. The SMILES string of the molecule is CCc1nn(CC(=O)N2C[C@@H](C)C[C@H](C)C2)c(=O)c2cc3occc3n12. The lowest BCUT2D eigenvalue weighted by Crippen LogP contribution is -2.45. The molecule has 26 heavy (non-hydrogen) atoms. The van der Waals surface area contributed by atoms with E-state index >= 15 is 0 Å². The van der Waals surface area contributed by atoms with Gasteiger partial charge >= 0.3 is 0 Å². The first kappa shape index (κ1) is 16.9. The zero-order chi connectivity index (χ0) is 18.4. The minimum absolute atomic E-state index is 0.0195. The van der Waals surface area contributed by atoms with Crippen LogP contribution >= 0.6 is 0 Å². The summed E-state index contributed by atoms with van der Waals surface area (Å²) in [6.07, 6.45) is 3.39. The Labute approximate surface area is 151 Å². The predicted octanol–water partition coefficient (Wildman–Crippen LogP) is 2.31. The average Bonchev–Trinajstić information content (AvgIpc) is 3.18. The summed E-state index contributed by atoms with van der Waals surface area (Å²) in [4.78, 5) is 27.5. The van der Waals surface area contributed by atoms with Gasteiger partial charge in [-0.25, -0.2) is 4.68 Å². The molecule has 1 saturated heterocycles. The van der Waals surface area contributed by atoms with Gasteiger partial charge in [-0.15, -0.1) is 0 Å². The second-order valence-electron chi connectivity index (χ2n) is 7.51. The minimum Gasteiger partial charge on any atom is -0.463 e. The molecule has 0 aliphatic carbocycles. The van der Waals surface area contributed by atoms with E-state index in [2.05, 4.69) is 18.9 Å². The van der Waals surface area contributed by atoms with Gasteiger partial charge in [-0.05, 0) is 18.3 Å². The number of nitrogens with zero attached hydrogens (tertiary/aromatic N) is 4. The van der Waals surface area contributed by atoms with Crippen molar-refractivity contribution in [1.82, 2.24) is 19.1 Å². The number of aromatic nitrogens is 3. The number of carbonyl (C=O) groups is 1. The molecule has 0 bridgehead atoms. The number of piperidine rings is 1. The molecule has 0 spiro atoms. The molecule has 1 fully saturated rings. The van der Waals surface area contributed by atoms with Crippen molar-refractivity contribution in [2.45, 2.75) is 40.2 Å². The summed E-state index contributed by atoms with van der Waals surface area (Å²) in [5.41, 5.74) is 1.72. The molecule has 3 aromatic heterocycles. The van der Waals surface area contributed by atoms with Gasteiger partial charge in [0.2, 0.25) is 5.91 Å². The molecular weight excluding hydrogens is 332 g/mol. The summed E-state index contributed by atoms with van der Waals surface area (Å²) >= 11 is 0. The third-order valence-electron chi connectivity index (χ3n) is 5.19. The maximum Gasteiger partial charge on any atom is 0.291 e. The quantitative estimate of drug-likeness (QED) is 0.722. The van der Waals surface area contributed by atoms with Gasteiger partial charge in [-0.2, -0.15) is 5.10 Å². The molecule has 1 aliphatic rings. The van der Waals surface area contributed by atoms with Gasteiger partial charge in [0.1, 0.15) is 17.9 Å². The predicted molar refractivity (Wildman–Crippen MR) is 98.1 cm³/mol. The number of fused-ring (bicyclic) bond motifs is 3. The van der Waals surface area contributed by atoms with Crippen LogP contribution in [0.5, 0.6) is 0 Å². The summed E-state index contributed by atoms with van der Waals surface area (Å²) in [5, 5.41) is 4.47. The van der Waals surface area contributed by atoms with Gasteiger partial charge in [0.25, 0.3) is 5.56 Å².